The SMILES string of the molecule is Cc1nc(CCC2OC(CCc3occ(C)c3C)=CC2C)c(C)o1. The van der Waals surface area contributed by atoms with E-state index in [1.165, 1.54) is 11.1 Å². The third-order valence-corrected chi connectivity index (χ3v) is 4.99. The molecule has 2 aromatic rings. The molecule has 24 heavy (non-hydrogen) atoms. The highest BCUT2D eigenvalue weighted by molar-refractivity contribution is 5.25. The number of hydrogen-bond acceptors (Lipinski definition) is 4. The number of aromatic nitrogens is 1. The van der Waals surface area contributed by atoms with Crippen molar-refractivity contribution in [2.75, 3.05) is 0 Å². The Hall–Kier alpha value is -1.97. The molecule has 2 atom stereocenters. The summed E-state index contributed by atoms with van der Waals surface area (Å²) in [6.45, 7) is 10.3. The summed E-state index contributed by atoms with van der Waals surface area (Å²) in [6, 6.07) is 0. The molecular formula is C20H27NO3. The highest BCUT2D eigenvalue weighted by Gasteiger charge is 2.26. The molecule has 0 saturated heterocycles. The minimum Gasteiger partial charge on any atom is -0.494 e. The van der Waals surface area contributed by atoms with Crippen LogP contribution in [0.4, 0.5) is 0 Å². The minimum atomic E-state index is 0.232. The number of aryl methyl sites for hydroxylation is 5. The summed E-state index contributed by atoms with van der Waals surface area (Å²) in [5.74, 6) is 4.27. The zero-order valence-corrected chi connectivity index (χ0v) is 15.3. The standard InChI is InChI=1S/C20H27NO3/c1-12-10-17(6-8-20-14(3)13(2)11-22-20)24-19(12)9-7-18-15(4)23-16(5)21-18/h10-12,19H,6-9H2,1-5H3. The van der Waals surface area contributed by atoms with Gasteiger partial charge in [-0.25, -0.2) is 4.98 Å². The predicted octanol–water partition coefficient (Wildman–Crippen LogP) is 4.99. The lowest BCUT2D eigenvalue weighted by Gasteiger charge is -2.16. The zero-order chi connectivity index (χ0) is 17.3. The normalized spacial score (nSPS) is 20.3. The van der Waals surface area contributed by atoms with Crippen LogP contribution in [-0.4, -0.2) is 11.1 Å². The molecule has 0 fully saturated rings. The van der Waals surface area contributed by atoms with Gasteiger partial charge in [-0.15, -0.1) is 0 Å². The van der Waals surface area contributed by atoms with E-state index in [0.29, 0.717) is 5.92 Å². The molecule has 0 saturated carbocycles. The van der Waals surface area contributed by atoms with Gasteiger partial charge in [0.15, 0.2) is 5.89 Å². The molecule has 0 aliphatic carbocycles. The summed E-state index contributed by atoms with van der Waals surface area (Å²) in [4.78, 5) is 4.45. The van der Waals surface area contributed by atoms with Crippen molar-refractivity contribution in [3.8, 4) is 0 Å². The Morgan fingerprint density at radius 1 is 1.08 bits per heavy atom. The van der Waals surface area contributed by atoms with Gasteiger partial charge >= 0.3 is 0 Å². The molecular weight excluding hydrogens is 302 g/mol. The Labute approximate surface area is 143 Å². The average Bonchev–Trinajstić information content (AvgIpc) is 3.15. The molecule has 130 valence electrons. The van der Waals surface area contributed by atoms with Crippen LogP contribution in [0, 0.1) is 33.6 Å². The largest absolute Gasteiger partial charge is 0.494 e. The fraction of sp³-hybridized carbons (Fsp3) is 0.550. The highest BCUT2D eigenvalue weighted by atomic mass is 16.5. The van der Waals surface area contributed by atoms with Crippen LogP contribution in [-0.2, 0) is 17.6 Å². The van der Waals surface area contributed by atoms with E-state index in [-0.39, 0.29) is 6.10 Å². The van der Waals surface area contributed by atoms with Crippen molar-refractivity contribution < 1.29 is 13.6 Å². The number of nitrogens with zero attached hydrogens (tertiary/aromatic N) is 1. The molecule has 2 aromatic heterocycles. The van der Waals surface area contributed by atoms with Gasteiger partial charge in [-0.1, -0.05) is 6.92 Å². The molecule has 0 aromatic carbocycles. The smallest absolute Gasteiger partial charge is 0.191 e. The summed E-state index contributed by atoms with van der Waals surface area (Å²) in [5, 5.41) is 0. The summed E-state index contributed by atoms with van der Waals surface area (Å²) in [5.41, 5.74) is 3.53. The fourth-order valence-electron chi connectivity index (χ4n) is 3.33. The second kappa shape index (κ2) is 6.88. The molecule has 0 radical (unpaired) electrons. The topological polar surface area (TPSA) is 48.4 Å². The lowest BCUT2D eigenvalue weighted by Crippen LogP contribution is -2.15. The molecule has 0 spiro atoms. The van der Waals surface area contributed by atoms with Crippen molar-refractivity contribution in [2.45, 2.75) is 66.4 Å². The first-order valence-corrected chi connectivity index (χ1v) is 8.78. The van der Waals surface area contributed by atoms with Crippen molar-refractivity contribution in [1.82, 2.24) is 4.98 Å². The third kappa shape index (κ3) is 3.58. The quantitative estimate of drug-likeness (QED) is 0.749. The molecule has 3 rings (SSSR count). The molecule has 4 heteroatoms. The molecule has 3 heterocycles. The highest BCUT2D eigenvalue weighted by Crippen LogP contribution is 2.30. The fourth-order valence-corrected chi connectivity index (χ4v) is 3.33. The Bertz CT molecular complexity index is 738. The Morgan fingerprint density at radius 2 is 1.88 bits per heavy atom. The van der Waals surface area contributed by atoms with E-state index >= 15 is 0 Å². The van der Waals surface area contributed by atoms with Gasteiger partial charge in [-0.05, 0) is 50.8 Å². The van der Waals surface area contributed by atoms with Crippen LogP contribution in [0.5, 0.6) is 0 Å². The maximum atomic E-state index is 6.17. The first-order chi connectivity index (χ1) is 11.4. The molecule has 1 aliphatic heterocycles. The van der Waals surface area contributed by atoms with E-state index in [4.69, 9.17) is 13.6 Å². The van der Waals surface area contributed by atoms with Gasteiger partial charge < -0.3 is 13.6 Å². The Kier molecular flexibility index (Phi) is 4.83. The van der Waals surface area contributed by atoms with Crippen molar-refractivity contribution in [2.24, 2.45) is 5.92 Å². The van der Waals surface area contributed by atoms with Gasteiger partial charge in [0.05, 0.1) is 17.7 Å². The number of rotatable bonds is 6. The van der Waals surface area contributed by atoms with E-state index in [9.17, 15) is 0 Å². The van der Waals surface area contributed by atoms with Crippen molar-refractivity contribution in [3.05, 3.63) is 52.3 Å². The maximum absolute atomic E-state index is 6.17. The predicted molar refractivity (Wildman–Crippen MR) is 92.9 cm³/mol. The second-order valence-corrected chi connectivity index (χ2v) is 6.89. The molecule has 1 aliphatic rings. The monoisotopic (exact) mass is 329 g/mol. The van der Waals surface area contributed by atoms with Gasteiger partial charge in [0, 0.05) is 25.7 Å². The van der Waals surface area contributed by atoms with Gasteiger partial charge in [0.2, 0.25) is 0 Å². The molecule has 2 unspecified atom stereocenters. The Balaban J connectivity index is 1.51. The summed E-state index contributed by atoms with van der Waals surface area (Å²) in [7, 11) is 0. The van der Waals surface area contributed by atoms with Crippen LogP contribution in [0.25, 0.3) is 0 Å². The van der Waals surface area contributed by atoms with E-state index < -0.39 is 0 Å². The van der Waals surface area contributed by atoms with Crippen molar-refractivity contribution in [3.63, 3.8) is 0 Å². The first-order valence-electron chi connectivity index (χ1n) is 8.78. The average molecular weight is 329 g/mol. The van der Waals surface area contributed by atoms with Crippen LogP contribution in [0.3, 0.4) is 0 Å². The number of furan rings is 1. The lowest BCUT2D eigenvalue weighted by atomic mass is 10.00. The Morgan fingerprint density at radius 3 is 2.50 bits per heavy atom. The van der Waals surface area contributed by atoms with Crippen LogP contribution < -0.4 is 0 Å². The summed E-state index contributed by atoms with van der Waals surface area (Å²) in [6.07, 6.45) is 7.99. The van der Waals surface area contributed by atoms with Gasteiger partial charge in [-0.3, -0.25) is 0 Å². The van der Waals surface area contributed by atoms with Crippen molar-refractivity contribution in [1.29, 1.82) is 0 Å². The zero-order valence-electron chi connectivity index (χ0n) is 15.3. The number of oxazole rings is 1. The molecule has 0 amide bonds. The van der Waals surface area contributed by atoms with Crippen LogP contribution in [0.1, 0.15) is 54.0 Å². The summed E-state index contributed by atoms with van der Waals surface area (Å²) >= 11 is 0. The van der Waals surface area contributed by atoms with E-state index in [0.717, 1.165) is 54.5 Å². The number of allylic oxidation sites excluding steroid dienone is 1. The number of hydrogen-bond donors (Lipinski definition) is 0. The third-order valence-electron chi connectivity index (χ3n) is 4.99. The molecule has 0 N–H and O–H groups in total. The van der Waals surface area contributed by atoms with Gasteiger partial charge in [0.25, 0.3) is 0 Å². The number of ether oxygens (including phenoxy) is 1. The van der Waals surface area contributed by atoms with Crippen LogP contribution in [0.15, 0.2) is 26.9 Å². The van der Waals surface area contributed by atoms with Crippen LogP contribution in [0.2, 0.25) is 0 Å². The van der Waals surface area contributed by atoms with Gasteiger partial charge in [0.1, 0.15) is 17.6 Å². The molecule has 4 nitrogen and oxygen atoms in total. The minimum absolute atomic E-state index is 0.232. The van der Waals surface area contributed by atoms with E-state index in [1.807, 2.05) is 20.1 Å². The maximum Gasteiger partial charge on any atom is 0.191 e. The van der Waals surface area contributed by atoms with Gasteiger partial charge in [-0.2, -0.15) is 0 Å². The summed E-state index contributed by atoms with van der Waals surface area (Å²) < 4.78 is 17.3. The second-order valence-electron chi connectivity index (χ2n) is 6.89. The van der Waals surface area contributed by atoms with E-state index in [2.05, 4.69) is 31.8 Å². The van der Waals surface area contributed by atoms with E-state index in [1.54, 1.807) is 0 Å². The first kappa shape index (κ1) is 16.9. The van der Waals surface area contributed by atoms with Crippen LogP contribution >= 0.6 is 0 Å². The van der Waals surface area contributed by atoms with Crippen molar-refractivity contribution >= 4 is 0 Å². The molecule has 0 bridgehead atoms. The lowest BCUT2D eigenvalue weighted by molar-refractivity contribution is 0.104.